The Morgan fingerprint density at radius 2 is 1.90 bits per heavy atom. The number of furan rings is 1. The monoisotopic (exact) mass is 404 g/mol. The van der Waals surface area contributed by atoms with Crippen LogP contribution < -0.4 is 14.8 Å². The molecule has 2 heterocycles. The van der Waals surface area contributed by atoms with Crippen LogP contribution in [0.15, 0.2) is 59.2 Å². The van der Waals surface area contributed by atoms with Crippen molar-refractivity contribution in [2.24, 2.45) is 0 Å². The van der Waals surface area contributed by atoms with Gasteiger partial charge in [-0.05, 0) is 60.5 Å². The molecule has 30 heavy (non-hydrogen) atoms. The fourth-order valence-corrected chi connectivity index (χ4v) is 3.68. The van der Waals surface area contributed by atoms with Gasteiger partial charge in [-0.2, -0.15) is 0 Å². The van der Waals surface area contributed by atoms with E-state index >= 15 is 0 Å². The first-order chi connectivity index (χ1) is 14.6. The van der Waals surface area contributed by atoms with E-state index in [4.69, 9.17) is 13.9 Å². The van der Waals surface area contributed by atoms with Crippen molar-refractivity contribution in [3.63, 3.8) is 0 Å². The SMILES string of the molecule is CCc1c(-c2ccc(OC)c(OC)c2)[nH]c2ccc(C(=O)NCc3ccco3)cc12. The molecule has 0 aliphatic carbocycles. The lowest BCUT2D eigenvalue weighted by Crippen LogP contribution is -2.22. The van der Waals surface area contributed by atoms with Crippen LogP contribution in [-0.2, 0) is 13.0 Å². The highest BCUT2D eigenvalue weighted by Gasteiger charge is 2.16. The quantitative estimate of drug-likeness (QED) is 0.458. The Hall–Kier alpha value is -3.67. The number of H-pyrrole nitrogens is 1. The van der Waals surface area contributed by atoms with Crippen molar-refractivity contribution in [2.75, 3.05) is 14.2 Å². The van der Waals surface area contributed by atoms with Gasteiger partial charge in [0.05, 0.1) is 27.0 Å². The Morgan fingerprint density at radius 1 is 1.07 bits per heavy atom. The lowest BCUT2D eigenvalue weighted by Gasteiger charge is -2.10. The third kappa shape index (κ3) is 3.64. The van der Waals surface area contributed by atoms with E-state index in [1.54, 1.807) is 26.5 Å². The van der Waals surface area contributed by atoms with Crippen LogP contribution in [0, 0.1) is 0 Å². The number of nitrogens with one attached hydrogen (secondary N) is 2. The number of carbonyl (C=O) groups excluding carboxylic acids is 1. The molecule has 4 rings (SSSR count). The minimum Gasteiger partial charge on any atom is -0.493 e. The van der Waals surface area contributed by atoms with Gasteiger partial charge < -0.3 is 24.2 Å². The van der Waals surface area contributed by atoms with Gasteiger partial charge in [0, 0.05) is 27.7 Å². The molecule has 2 aromatic heterocycles. The number of aromatic nitrogens is 1. The smallest absolute Gasteiger partial charge is 0.251 e. The van der Waals surface area contributed by atoms with Crippen molar-refractivity contribution in [1.82, 2.24) is 10.3 Å². The fraction of sp³-hybridized carbons (Fsp3) is 0.208. The zero-order valence-electron chi connectivity index (χ0n) is 17.2. The number of rotatable bonds is 7. The summed E-state index contributed by atoms with van der Waals surface area (Å²) < 4.78 is 16.1. The molecule has 2 N–H and O–H groups in total. The van der Waals surface area contributed by atoms with E-state index < -0.39 is 0 Å². The first-order valence-electron chi connectivity index (χ1n) is 9.82. The summed E-state index contributed by atoms with van der Waals surface area (Å²) in [5.41, 5.74) is 4.77. The number of hydrogen-bond acceptors (Lipinski definition) is 4. The van der Waals surface area contributed by atoms with Gasteiger partial charge in [-0.15, -0.1) is 0 Å². The molecule has 6 heteroatoms. The topological polar surface area (TPSA) is 76.5 Å². The molecule has 0 aliphatic heterocycles. The highest BCUT2D eigenvalue weighted by molar-refractivity contribution is 6.00. The molecule has 4 aromatic rings. The number of aromatic amines is 1. The minimum absolute atomic E-state index is 0.135. The number of amides is 1. The number of methoxy groups -OCH3 is 2. The molecular weight excluding hydrogens is 380 g/mol. The van der Waals surface area contributed by atoms with Crippen LogP contribution in [-0.4, -0.2) is 25.1 Å². The van der Waals surface area contributed by atoms with Crippen molar-refractivity contribution in [3.8, 4) is 22.8 Å². The predicted molar refractivity (Wildman–Crippen MR) is 116 cm³/mol. The van der Waals surface area contributed by atoms with Gasteiger partial charge in [-0.3, -0.25) is 4.79 Å². The second kappa shape index (κ2) is 8.37. The van der Waals surface area contributed by atoms with Crippen molar-refractivity contribution in [3.05, 3.63) is 71.7 Å². The predicted octanol–water partition coefficient (Wildman–Crippen LogP) is 4.94. The van der Waals surface area contributed by atoms with Crippen molar-refractivity contribution < 1.29 is 18.7 Å². The van der Waals surface area contributed by atoms with Gasteiger partial charge >= 0.3 is 0 Å². The largest absolute Gasteiger partial charge is 0.493 e. The molecule has 0 saturated heterocycles. The third-order valence-corrected chi connectivity index (χ3v) is 5.20. The Labute approximate surface area is 174 Å². The Bertz CT molecular complexity index is 1180. The maximum absolute atomic E-state index is 12.6. The molecule has 6 nitrogen and oxygen atoms in total. The molecule has 0 saturated carbocycles. The molecule has 0 unspecified atom stereocenters. The Balaban J connectivity index is 1.69. The van der Waals surface area contributed by atoms with Gasteiger partial charge in [0.15, 0.2) is 11.5 Å². The van der Waals surface area contributed by atoms with E-state index in [0.29, 0.717) is 23.6 Å². The normalized spacial score (nSPS) is 10.9. The number of aryl methyl sites for hydroxylation is 1. The molecule has 0 radical (unpaired) electrons. The fourth-order valence-electron chi connectivity index (χ4n) is 3.68. The average Bonchev–Trinajstić information content (AvgIpc) is 3.43. The van der Waals surface area contributed by atoms with Gasteiger partial charge in [-0.1, -0.05) is 6.92 Å². The third-order valence-electron chi connectivity index (χ3n) is 5.20. The zero-order chi connectivity index (χ0) is 21.1. The van der Waals surface area contributed by atoms with Crippen LogP contribution in [0.4, 0.5) is 0 Å². The summed E-state index contributed by atoms with van der Waals surface area (Å²) in [6.07, 6.45) is 2.41. The second-order valence-corrected chi connectivity index (χ2v) is 6.92. The molecule has 0 bridgehead atoms. The van der Waals surface area contributed by atoms with E-state index in [-0.39, 0.29) is 5.91 Å². The summed E-state index contributed by atoms with van der Waals surface area (Å²) in [6, 6.07) is 15.2. The van der Waals surface area contributed by atoms with Crippen LogP contribution in [0.1, 0.15) is 28.6 Å². The highest BCUT2D eigenvalue weighted by Crippen LogP contribution is 2.36. The van der Waals surface area contributed by atoms with Gasteiger partial charge in [0.2, 0.25) is 0 Å². The standard InChI is InChI=1S/C24H24N2O4/c1-4-18-19-12-16(24(27)25-14-17-6-5-11-30-17)7-9-20(19)26-23(18)15-8-10-21(28-2)22(13-15)29-3/h5-13,26H,4,14H2,1-3H3,(H,25,27). The Kier molecular flexibility index (Phi) is 5.48. The summed E-state index contributed by atoms with van der Waals surface area (Å²) >= 11 is 0. The summed E-state index contributed by atoms with van der Waals surface area (Å²) in [4.78, 5) is 16.1. The molecule has 0 atom stereocenters. The first-order valence-corrected chi connectivity index (χ1v) is 9.82. The lowest BCUT2D eigenvalue weighted by atomic mass is 10.0. The number of ether oxygens (including phenoxy) is 2. The maximum atomic E-state index is 12.6. The second-order valence-electron chi connectivity index (χ2n) is 6.92. The number of hydrogen-bond donors (Lipinski definition) is 2. The van der Waals surface area contributed by atoms with Gasteiger partial charge in [0.25, 0.3) is 5.91 Å². The molecular formula is C24H24N2O4. The summed E-state index contributed by atoms with van der Waals surface area (Å²) in [5.74, 6) is 1.94. The summed E-state index contributed by atoms with van der Waals surface area (Å²) in [6.45, 7) is 2.46. The summed E-state index contributed by atoms with van der Waals surface area (Å²) in [7, 11) is 3.25. The lowest BCUT2D eigenvalue weighted by molar-refractivity contribution is 0.0948. The van der Waals surface area contributed by atoms with Crippen LogP contribution in [0.25, 0.3) is 22.2 Å². The van der Waals surface area contributed by atoms with Crippen molar-refractivity contribution >= 4 is 16.8 Å². The van der Waals surface area contributed by atoms with Gasteiger partial charge in [-0.25, -0.2) is 0 Å². The van der Waals surface area contributed by atoms with Gasteiger partial charge in [0.1, 0.15) is 5.76 Å². The molecule has 0 fully saturated rings. The molecule has 1 amide bonds. The number of benzene rings is 2. The van der Waals surface area contributed by atoms with Crippen LogP contribution in [0.5, 0.6) is 11.5 Å². The molecule has 0 aliphatic rings. The first kappa shape index (κ1) is 19.6. The Morgan fingerprint density at radius 3 is 2.60 bits per heavy atom. The van der Waals surface area contributed by atoms with Crippen molar-refractivity contribution in [1.29, 1.82) is 0 Å². The molecule has 0 spiro atoms. The number of carbonyl (C=O) groups is 1. The summed E-state index contributed by atoms with van der Waals surface area (Å²) in [5, 5.41) is 3.93. The van der Waals surface area contributed by atoms with E-state index in [2.05, 4.69) is 17.2 Å². The number of fused-ring (bicyclic) bond motifs is 1. The van der Waals surface area contributed by atoms with Crippen LogP contribution >= 0.6 is 0 Å². The van der Waals surface area contributed by atoms with Crippen LogP contribution in [0.2, 0.25) is 0 Å². The van der Waals surface area contributed by atoms with Crippen LogP contribution in [0.3, 0.4) is 0 Å². The minimum atomic E-state index is -0.135. The maximum Gasteiger partial charge on any atom is 0.251 e. The molecule has 154 valence electrons. The molecule has 2 aromatic carbocycles. The van der Waals surface area contributed by atoms with E-state index in [1.807, 2.05) is 42.5 Å². The van der Waals surface area contributed by atoms with E-state index in [0.717, 1.165) is 39.9 Å². The average molecular weight is 404 g/mol. The highest BCUT2D eigenvalue weighted by atomic mass is 16.5. The zero-order valence-corrected chi connectivity index (χ0v) is 17.2. The van der Waals surface area contributed by atoms with E-state index in [1.165, 1.54) is 0 Å². The van der Waals surface area contributed by atoms with Crippen molar-refractivity contribution in [2.45, 2.75) is 19.9 Å². The van der Waals surface area contributed by atoms with E-state index in [9.17, 15) is 4.79 Å².